The SMILES string of the molecule is CN1[C@@H]2CC[C@H]1CC(n1cc(-c3ccc(F)cc3)nn1)C2. The topological polar surface area (TPSA) is 34.0 Å². The predicted octanol–water partition coefficient (Wildman–Crippen LogP) is 2.88. The van der Waals surface area contributed by atoms with Crippen LogP contribution in [0.5, 0.6) is 0 Å². The number of hydrogen-bond acceptors (Lipinski definition) is 3. The maximum absolute atomic E-state index is 13.0. The Labute approximate surface area is 123 Å². The molecule has 2 fully saturated rings. The number of aromatic nitrogens is 3. The average Bonchev–Trinajstić information content (AvgIpc) is 3.03. The summed E-state index contributed by atoms with van der Waals surface area (Å²) in [6.07, 6.45) is 6.91. The number of benzene rings is 1. The number of hydrogen-bond donors (Lipinski definition) is 0. The molecule has 0 saturated carbocycles. The van der Waals surface area contributed by atoms with Crippen LogP contribution in [0.3, 0.4) is 0 Å². The van der Waals surface area contributed by atoms with Gasteiger partial charge in [-0.3, -0.25) is 0 Å². The van der Waals surface area contributed by atoms with Gasteiger partial charge in [-0.2, -0.15) is 0 Å². The molecule has 2 aliphatic heterocycles. The molecule has 1 aromatic heterocycles. The van der Waals surface area contributed by atoms with Crippen LogP contribution >= 0.6 is 0 Å². The first-order valence-corrected chi connectivity index (χ1v) is 7.60. The van der Waals surface area contributed by atoms with Crippen molar-refractivity contribution in [3.63, 3.8) is 0 Å². The lowest BCUT2D eigenvalue weighted by Gasteiger charge is -2.36. The Morgan fingerprint density at radius 1 is 1.05 bits per heavy atom. The summed E-state index contributed by atoms with van der Waals surface area (Å²) < 4.78 is 15.0. The Balaban J connectivity index is 1.56. The van der Waals surface area contributed by atoms with Crippen LogP contribution in [0, 0.1) is 5.82 Å². The van der Waals surface area contributed by atoms with Crippen molar-refractivity contribution >= 4 is 0 Å². The van der Waals surface area contributed by atoms with Gasteiger partial charge in [-0.15, -0.1) is 5.10 Å². The van der Waals surface area contributed by atoms with Gasteiger partial charge < -0.3 is 4.90 Å². The fraction of sp³-hybridized carbons (Fsp3) is 0.500. The second-order valence-corrected chi connectivity index (χ2v) is 6.27. The van der Waals surface area contributed by atoms with Gasteiger partial charge in [0.2, 0.25) is 0 Å². The summed E-state index contributed by atoms with van der Waals surface area (Å²) in [5.74, 6) is -0.224. The van der Waals surface area contributed by atoms with E-state index in [4.69, 9.17) is 0 Å². The van der Waals surface area contributed by atoms with E-state index in [2.05, 4.69) is 22.3 Å². The summed E-state index contributed by atoms with van der Waals surface area (Å²) in [4.78, 5) is 2.52. The van der Waals surface area contributed by atoms with E-state index in [1.807, 2.05) is 10.9 Å². The molecule has 0 N–H and O–H groups in total. The first kappa shape index (κ1) is 13.0. The standard InChI is InChI=1S/C16H19FN4/c1-20-13-6-7-14(20)9-15(8-13)21-10-16(18-19-21)11-2-4-12(17)5-3-11/h2-5,10,13-15H,6-9H2,1H3/t13-,14+,15?. The van der Waals surface area contributed by atoms with Crippen molar-refractivity contribution in [2.75, 3.05) is 7.05 Å². The third-order valence-electron chi connectivity index (χ3n) is 5.10. The highest BCUT2D eigenvalue weighted by atomic mass is 19.1. The number of halogens is 1. The molecular formula is C16H19FN4. The molecule has 1 aromatic carbocycles. The first-order chi connectivity index (χ1) is 10.2. The molecular weight excluding hydrogens is 267 g/mol. The fourth-order valence-electron chi connectivity index (χ4n) is 3.81. The van der Waals surface area contributed by atoms with Crippen LogP contribution in [-0.4, -0.2) is 39.0 Å². The maximum atomic E-state index is 13.0. The molecule has 4 rings (SSSR count). The molecule has 3 atom stereocenters. The van der Waals surface area contributed by atoms with Gasteiger partial charge in [-0.25, -0.2) is 9.07 Å². The van der Waals surface area contributed by atoms with E-state index in [9.17, 15) is 4.39 Å². The van der Waals surface area contributed by atoms with E-state index in [0.29, 0.717) is 18.1 Å². The van der Waals surface area contributed by atoms with Crippen molar-refractivity contribution in [3.05, 3.63) is 36.3 Å². The molecule has 0 amide bonds. The lowest BCUT2D eigenvalue weighted by atomic mass is 9.98. The van der Waals surface area contributed by atoms with Crippen LogP contribution < -0.4 is 0 Å². The minimum absolute atomic E-state index is 0.224. The Morgan fingerprint density at radius 3 is 2.38 bits per heavy atom. The van der Waals surface area contributed by atoms with Crippen molar-refractivity contribution in [1.82, 2.24) is 19.9 Å². The van der Waals surface area contributed by atoms with Crippen molar-refractivity contribution in [2.24, 2.45) is 0 Å². The van der Waals surface area contributed by atoms with Crippen LogP contribution in [0.2, 0.25) is 0 Å². The number of rotatable bonds is 2. The molecule has 2 saturated heterocycles. The second kappa shape index (κ2) is 4.91. The van der Waals surface area contributed by atoms with E-state index >= 15 is 0 Å². The zero-order valence-electron chi connectivity index (χ0n) is 12.1. The van der Waals surface area contributed by atoms with Crippen LogP contribution in [0.4, 0.5) is 4.39 Å². The van der Waals surface area contributed by atoms with E-state index in [0.717, 1.165) is 24.1 Å². The quantitative estimate of drug-likeness (QED) is 0.851. The summed E-state index contributed by atoms with van der Waals surface area (Å²) in [6, 6.07) is 8.25. The van der Waals surface area contributed by atoms with Gasteiger partial charge in [0, 0.05) is 17.6 Å². The van der Waals surface area contributed by atoms with Crippen LogP contribution in [0.1, 0.15) is 31.7 Å². The number of fused-ring (bicyclic) bond motifs is 2. The third-order valence-corrected chi connectivity index (χ3v) is 5.10. The van der Waals surface area contributed by atoms with Gasteiger partial charge in [0.25, 0.3) is 0 Å². The van der Waals surface area contributed by atoms with Gasteiger partial charge in [0.1, 0.15) is 11.5 Å². The minimum atomic E-state index is -0.224. The molecule has 0 aliphatic carbocycles. The molecule has 2 aromatic rings. The molecule has 1 unspecified atom stereocenters. The summed E-state index contributed by atoms with van der Waals surface area (Å²) in [5.41, 5.74) is 1.74. The minimum Gasteiger partial charge on any atom is -0.300 e. The van der Waals surface area contributed by atoms with Gasteiger partial charge in [0.05, 0.1) is 12.2 Å². The van der Waals surface area contributed by atoms with Crippen LogP contribution in [-0.2, 0) is 0 Å². The van der Waals surface area contributed by atoms with Gasteiger partial charge in [0.15, 0.2) is 0 Å². The Bertz CT molecular complexity index is 622. The normalized spacial score (nSPS) is 29.0. The van der Waals surface area contributed by atoms with Crippen molar-refractivity contribution in [2.45, 2.75) is 43.8 Å². The second-order valence-electron chi connectivity index (χ2n) is 6.27. The van der Waals surface area contributed by atoms with Crippen molar-refractivity contribution in [1.29, 1.82) is 0 Å². The van der Waals surface area contributed by atoms with Crippen LogP contribution in [0.15, 0.2) is 30.5 Å². The molecule has 0 spiro atoms. The molecule has 5 heteroatoms. The lowest BCUT2D eigenvalue weighted by molar-refractivity contribution is 0.130. The van der Waals surface area contributed by atoms with Gasteiger partial charge in [-0.05, 0) is 57.0 Å². The monoisotopic (exact) mass is 286 g/mol. The van der Waals surface area contributed by atoms with E-state index < -0.39 is 0 Å². The summed E-state index contributed by atoms with van der Waals surface area (Å²) in [5, 5.41) is 8.57. The van der Waals surface area contributed by atoms with Crippen LogP contribution in [0.25, 0.3) is 11.3 Å². The van der Waals surface area contributed by atoms with Crippen molar-refractivity contribution in [3.8, 4) is 11.3 Å². The summed E-state index contributed by atoms with van der Waals surface area (Å²) in [6.45, 7) is 0. The first-order valence-electron chi connectivity index (χ1n) is 7.60. The fourth-order valence-corrected chi connectivity index (χ4v) is 3.81. The zero-order valence-corrected chi connectivity index (χ0v) is 12.1. The Kier molecular flexibility index (Phi) is 3.03. The van der Waals surface area contributed by atoms with Gasteiger partial charge >= 0.3 is 0 Å². The molecule has 2 aliphatic rings. The van der Waals surface area contributed by atoms with Crippen molar-refractivity contribution < 1.29 is 4.39 Å². The Morgan fingerprint density at radius 2 is 1.71 bits per heavy atom. The smallest absolute Gasteiger partial charge is 0.123 e. The van der Waals surface area contributed by atoms with E-state index in [1.165, 1.54) is 25.0 Å². The molecule has 0 radical (unpaired) electrons. The highest BCUT2D eigenvalue weighted by Crippen LogP contribution is 2.39. The maximum Gasteiger partial charge on any atom is 0.123 e. The molecule has 3 heterocycles. The third kappa shape index (κ3) is 2.25. The largest absolute Gasteiger partial charge is 0.300 e. The summed E-state index contributed by atoms with van der Waals surface area (Å²) in [7, 11) is 2.24. The zero-order chi connectivity index (χ0) is 14.4. The molecule has 2 bridgehead atoms. The summed E-state index contributed by atoms with van der Waals surface area (Å²) >= 11 is 0. The number of piperidine rings is 1. The Hall–Kier alpha value is -1.75. The average molecular weight is 286 g/mol. The van der Waals surface area contributed by atoms with E-state index in [-0.39, 0.29) is 5.82 Å². The predicted molar refractivity (Wildman–Crippen MR) is 78.3 cm³/mol. The highest BCUT2D eigenvalue weighted by Gasteiger charge is 2.39. The molecule has 110 valence electrons. The molecule has 21 heavy (non-hydrogen) atoms. The molecule has 4 nitrogen and oxygen atoms in total. The number of nitrogens with zero attached hydrogens (tertiary/aromatic N) is 4. The van der Waals surface area contributed by atoms with Gasteiger partial charge in [-0.1, -0.05) is 5.21 Å². The highest BCUT2D eigenvalue weighted by molar-refractivity contribution is 5.57. The lowest BCUT2D eigenvalue weighted by Crippen LogP contribution is -2.40. The van der Waals surface area contributed by atoms with E-state index in [1.54, 1.807) is 12.1 Å².